The Balaban J connectivity index is 2.19. The van der Waals surface area contributed by atoms with E-state index in [0.29, 0.717) is 12.8 Å². The van der Waals surface area contributed by atoms with Crippen LogP contribution in [-0.2, 0) is 14.3 Å². The normalized spacial score (nSPS) is 19.7. The molecule has 1 heterocycles. The van der Waals surface area contributed by atoms with Gasteiger partial charge in [-0.15, -0.1) is 0 Å². The largest absolute Gasteiger partial charge is 0.394 e. The first kappa shape index (κ1) is 63.2. The van der Waals surface area contributed by atoms with Gasteiger partial charge >= 0.3 is 0 Å². The van der Waals surface area contributed by atoms with Gasteiger partial charge in [0.2, 0.25) is 5.91 Å². The minimum Gasteiger partial charge on any atom is -0.394 e. The van der Waals surface area contributed by atoms with Gasteiger partial charge in [0.1, 0.15) is 24.4 Å². The Bertz CT molecular complexity index is 1000. The fourth-order valence-corrected chi connectivity index (χ4v) is 9.81. The number of aliphatic hydroxyl groups excluding tert-OH is 5. The van der Waals surface area contributed by atoms with Crippen LogP contribution in [0.15, 0.2) is 0 Å². The summed E-state index contributed by atoms with van der Waals surface area (Å²) in [6, 6.07) is -0.713. The zero-order valence-corrected chi connectivity index (χ0v) is 43.7. The lowest BCUT2D eigenvalue weighted by molar-refractivity contribution is -0.302. The minimum absolute atomic E-state index is 0.131. The molecule has 7 unspecified atom stereocenters. The van der Waals surface area contributed by atoms with Gasteiger partial charge in [-0.3, -0.25) is 4.79 Å². The van der Waals surface area contributed by atoms with E-state index in [0.717, 1.165) is 38.5 Å². The van der Waals surface area contributed by atoms with Crippen LogP contribution in [0.1, 0.15) is 303 Å². The third kappa shape index (κ3) is 37.1. The van der Waals surface area contributed by atoms with E-state index in [9.17, 15) is 30.3 Å². The Labute approximate surface area is 408 Å². The van der Waals surface area contributed by atoms with Crippen molar-refractivity contribution in [1.82, 2.24) is 5.32 Å². The number of hydrogen-bond acceptors (Lipinski definition) is 8. The number of ether oxygens (including phenoxy) is 2. The van der Waals surface area contributed by atoms with Crippen LogP contribution < -0.4 is 5.32 Å². The van der Waals surface area contributed by atoms with E-state index in [1.54, 1.807) is 0 Å². The van der Waals surface area contributed by atoms with Gasteiger partial charge in [0.05, 0.1) is 25.4 Å². The third-order valence-corrected chi connectivity index (χ3v) is 14.5. The van der Waals surface area contributed by atoms with Crippen molar-refractivity contribution in [3.05, 3.63) is 0 Å². The molecule has 0 aromatic rings. The Morgan fingerprint density at radius 3 is 1.08 bits per heavy atom. The van der Waals surface area contributed by atoms with E-state index in [2.05, 4.69) is 19.2 Å². The molecule has 0 bridgehead atoms. The van der Waals surface area contributed by atoms with Gasteiger partial charge in [0.25, 0.3) is 0 Å². The van der Waals surface area contributed by atoms with Crippen LogP contribution in [0, 0.1) is 0 Å². The van der Waals surface area contributed by atoms with Crippen molar-refractivity contribution >= 4 is 5.91 Å². The molecule has 0 spiro atoms. The molecule has 1 fully saturated rings. The monoisotopic (exact) mass is 940 g/mol. The van der Waals surface area contributed by atoms with Crippen molar-refractivity contribution < 1.29 is 39.8 Å². The molecule has 1 amide bonds. The maximum atomic E-state index is 13.1. The van der Waals surface area contributed by atoms with E-state index in [1.165, 1.54) is 238 Å². The van der Waals surface area contributed by atoms with Crippen molar-refractivity contribution in [2.45, 2.75) is 346 Å². The summed E-state index contributed by atoms with van der Waals surface area (Å²) < 4.78 is 11.3. The van der Waals surface area contributed by atoms with Gasteiger partial charge < -0.3 is 40.3 Å². The summed E-state index contributed by atoms with van der Waals surface area (Å²) >= 11 is 0. The van der Waals surface area contributed by atoms with Gasteiger partial charge in [-0.25, -0.2) is 0 Å². The molecule has 0 aliphatic carbocycles. The predicted molar refractivity (Wildman–Crippen MR) is 277 cm³/mol. The molecule has 1 saturated heterocycles. The highest BCUT2D eigenvalue weighted by molar-refractivity contribution is 5.76. The van der Waals surface area contributed by atoms with Gasteiger partial charge in [0, 0.05) is 6.42 Å². The van der Waals surface area contributed by atoms with Crippen LogP contribution in [0.5, 0.6) is 0 Å². The predicted octanol–water partition coefficient (Wildman–Crippen LogP) is 14.2. The van der Waals surface area contributed by atoms with Crippen molar-refractivity contribution in [1.29, 1.82) is 0 Å². The van der Waals surface area contributed by atoms with Gasteiger partial charge in [0.15, 0.2) is 6.29 Å². The molecule has 394 valence electrons. The lowest BCUT2D eigenvalue weighted by Gasteiger charge is -2.40. The summed E-state index contributed by atoms with van der Waals surface area (Å²) in [6.07, 6.45) is 49.9. The standard InChI is InChI=1S/C57H113NO8/c1-3-5-7-9-11-13-15-17-19-21-23-25-26-27-28-30-32-34-36-38-40-42-44-46-51(60)50(49-65-57-56(64)55(63)54(62)52(48-59)66-57)58-53(61)47-45-43-41-39-37-35-33-31-29-24-22-20-18-16-14-12-10-8-6-4-2/h50-52,54-57,59-60,62-64H,3-49H2,1-2H3,(H,58,61). The van der Waals surface area contributed by atoms with Crippen LogP contribution >= 0.6 is 0 Å². The third-order valence-electron chi connectivity index (χ3n) is 14.5. The zero-order valence-electron chi connectivity index (χ0n) is 43.7. The first-order chi connectivity index (χ1) is 32.3. The number of carbonyl (C=O) groups is 1. The summed E-state index contributed by atoms with van der Waals surface area (Å²) in [5.74, 6) is -0.136. The lowest BCUT2D eigenvalue weighted by Crippen LogP contribution is -2.60. The quantitative estimate of drug-likeness (QED) is 0.0330. The second kappa shape index (κ2) is 47.8. The lowest BCUT2D eigenvalue weighted by atomic mass is 9.99. The Morgan fingerprint density at radius 2 is 0.758 bits per heavy atom. The van der Waals surface area contributed by atoms with Gasteiger partial charge in [-0.1, -0.05) is 284 Å². The average molecular weight is 941 g/mol. The Hall–Kier alpha value is -0.810. The topological polar surface area (TPSA) is 149 Å². The van der Waals surface area contributed by atoms with E-state index >= 15 is 0 Å². The molecular formula is C57H113NO8. The van der Waals surface area contributed by atoms with E-state index in [4.69, 9.17) is 9.47 Å². The van der Waals surface area contributed by atoms with Crippen LogP contribution in [0.25, 0.3) is 0 Å². The Morgan fingerprint density at radius 1 is 0.455 bits per heavy atom. The highest BCUT2D eigenvalue weighted by Gasteiger charge is 2.44. The molecule has 9 nitrogen and oxygen atoms in total. The van der Waals surface area contributed by atoms with Crippen LogP contribution in [0.2, 0.25) is 0 Å². The SMILES string of the molecule is CCCCCCCCCCCCCCCCCCCCCCCCCC(O)C(COC1OC(CO)C(O)C(O)C1O)NC(=O)CCCCCCCCCCCCCCCCCCCCCC. The summed E-state index contributed by atoms with van der Waals surface area (Å²) in [5, 5.41) is 54.7. The number of carbonyl (C=O) groups excluding carboxylic acids is 1. The van der Waals surface area contributed by atoms with Crippen molar-refractivity contribution in [2.24, 2.45) is 0 Å². The minimum atomic E-state index is -1.55. The average Bonchev–Trinajstić information content (AvgIpc) is 3.32. The fourth-order valence-electron chi connectivity index (χ4n) is 9.81. The highest BCUT2D eigenvalue weighted by Crippen LogP contribution is 2.23. The molecular weight excluding hydrogens is 827 g/mol. The summed E-state index contributed by atoms with van der Waals surface area (Å²) in [6.45, 7) is 3.89. The smallest absolute Gasteiger partial charge is 0.220 e. The number of amides is 1. The molecule has 0 aromatic heterocycles. The molecule has 1 rings (SSSR count). The molecule has 66 heavy (non-hydrogen) atoms. The van der Waals surface area contributed by atoms with E-state index in [-0.39, 0.29) is 12.5 Å². The molecule has 7 atom stereocenters. The van der Waals surface area contributed by atoms with Crippen LogP contribution in [-0.4, -0.2) is 87.5 Å². The maximum Gasteiger partial charge on any atom is 0.220 e. The van der Waals surface area contributed by atoms with Crippen molar-refractivity contribution in [3.63, 3.8) is 0 Å². The van der Waals surface area contributed by atoms with E-state index in [1.807, 2.05) is 0 Å². The van der Waals surface area contributed by atoms with E-state index < -0.39 is 49.5 Å². The van der Waals surface area contributed by atoms with Crippen molar-refractivity contribution in [3.8, 4) is 0 Å². The first-order valence-corrected chi connectivity index (χ1v) is 29.2. The number of hydrogen-bond donors (Lipinski definition) is 6. The zero-order chi connectivity index (χ0) is 48.0. The highest BCUT2D eigenvalue weighted by atomic mass is 16.7. The number of rotatable bonds is 51. The molecule has 9 heteroatoms. The first-order valence-electron chi connectivity index (χ1n) is 29.2. The van der Waals surface area contributed by atoms with Crippen LogP contribution in [0.3, 0.4) is 0 Å². The Kier molecular flexibility index (Phi) is 45.8. The maximum absolute atomic E-state index is 13.1. The number of nitrogens with one attached hydrogen (secondary N) is 1. The second-order valence-corrected chi connectivity index (χ2v) is 20.8. The molecule has 0 saturated carbocycles. The molecule has 0 radical (unpaired) electrons. The summed E-state index contributed by atoms with van der Waals surface area (Å²) in [7, 11) is 0. The van der Waals surface area contributed by atoms with Gasteiger partial charge in [-0.05, 0) is 12.8 Å². The number of unbranched alkanes of at least 4 members (excludes halogenated alkanes) is 41. The summed E-state index contributed by atoms with van der Waals surface area (Å²) in [4.78, 5) is 13.1. The molecule has 6 N–H and O–H groups in total. The molecule has 1 aliphatic rings. The second-order valence-electron chi connectivity index (χ2n) is 20.8. The fraction of sp³-hybridized carbons (Fsp3) is 0.982. The summed E-state index contributed by atoms with van der Waals surface area (Å²) in [5.41, 5.74) is 0. The van der Waals surface area contributed by atoms with Crippen LogP contribution in [0.4, 0.5) is 0 Å². The molecule has 0 aromatic carbocycles. The molecule has 1 aliphatic heterocycles. The van der Waals surface area contributed by atoms with Crippen molar-refractivity contribution in [2.75, 3.05) is 13.2 Å². The van der Waals surface area contributed by atoms with Gasteiger partial charge in [-0.2, -0.15) is 0 Å². The number of aliphatic hydroxyl groups is 5.